The van der Waals surface area contributed by atoms with E-state index in [1.54, 1.807) is 0 Å². The second-order valence-electron chi connectivity index (χ2n) is 6.15. The largest absolute Gasteiger partial charge is 0.480 e. The Morgan fingerprint density at radius 1 is 1.28 bits per heavy atom. The van der Waals surface area contributed by atoms with Crippen molar-refractivity contribution >= 4 is 23.8 Å². The van der Waals surface area contributed by atoms with Gasteiger partial charge in [-0.05, 0) is 10.8 Å². The van der Waals surface area contributed by atoms with Gasteiger partial charge in [0.15, 0.2) is 0 Å². The summed E-state index contributed by atoms with van der Waals surface area (Å²) in [5.74, 6) is 0.000746. The highest BCUT2D eigenvalue weighted by molar-refractivity contribution is 7.99. The topological polar surface area (TPSA) is 69.6 Å². The second kappa shape index (κ2) is 4.05. The molecule has 1 unspecified atom stereocenters. The molecule has 102 valence electrons. The molecular weight excluding hydrogens is 252 g/mol. The van der Waals surface area contributed by atoms with Gasteiger partial charge in [-0.2, -0.15) is 0 Å². The molecule has 0 aromatic heterocycles. The minimum atomic E-state index is -0.926. The van der Waals surface area contributed by atoms with Gasteiger partial charge in [0.25, 0.3) is 0 Å². The third-order valence-electron chi connectivity index (χ3n) is 4.72. The quantitative estimate of drug-likeness (QED) is 0.801. The van der Waals surface area contributed by atoms with Crippen LogP contribution >= 0.6 is 11.8 Å². The first-order valence-electron chi connectivity index (χ1n) is 6.07. The van der Waals surface area contributed by atoms with E-state index in [1.807, 2.05) is 0 Å². The average Bonchev–Trinajstić information content (AvgIpc) is 2.68. The monoisotopic (exact) mass is 272 g/mol. The van der Waals surface area contributed by atoms with Crippen LogP contribution in [-0.4, -0.2) is 45.7 Å². The van der Waals surface area contributed by atoms with E-state index in [4.69, 9.17) is 5.11 Å². The molecule has 1 saturated carbocycles. The van der Waals surface area contributed by atoms with E-state index in [0.29, 0.717) is 11.6 Å². The number of carboxylic acids is 1. The van der Waals surface area contributed by atoms with Crippen molar-refractivity contribution in [3.63, 3.8) is 0 Å². The van der Waals surface area contributed by atoms with Crippen LogP contribution in [0.5, 0.6) is 0 Å². The summed E-state index contributed by atoms with van der Waals surface area (Å²) >= 11 is 1.48. The Morgan fingerprint density at radius 2 is 1.83 bits per heavy atom. The molecule has 1 atom stereocenters. The molecule has 2 N–H and O–H groups in total. The Hall–Kier alpha value is -0.910. The molecule has 0 radical (unpaired) electrons. The Kier molecular flexibility index (Phi) is 3.04. The zero-order chi connectivity index (χ0) is 13.7. The molecule has 1 aliphatic carbocycles. The number of hydrogen-bond donors (Lipinski definition) is 2. The summed E-state index contributed by atoms with van der Waals surface area (Å²) in [4.78, 5) is 24.6. The zero-order valence-corrected chi connectivity index (χ0v) is 12.0. The van der Waals surface area contributed by atoms with Crippen LogP contribution in [0.25, 0.3) is 0 Å². The van der Waals surface area contributed by atoms with E-state index in [0.717, 1.165) is 0 Å². The molecule has 0 aromatic rings. The van der Waals surface area contributed by atoms with Crippen molar-refractivity contribution in [2.24, 2.45) is 10.8 Å². The Balaban J connectivity index is 2.00. The van der Waals surface area contributed by atoms with Crippen LogP contribution in [0.4, 0.5) is 4.79 Å². The maximum absolute atomic E-state index is 12.1. The Bertz CT molecular complexity index is 381. The van der Waals surface area contributed by atoms with Crippen molar-refractivity contribution in [3.05, 3.63) is 0 Å². The molecule has 18 heavy (non-hydrogen) atoms. The lowest BCUT2D eigenvalue weighted by Gasteiger charge is -2.21. The minimum Gasteiger partial charge on any atom is -0.480 e. The van der Waals surface area contributed by atoms with Gasteiger partial charge in [0.1, 0.15) is 6.04 Å². The highest BCUT2D eigenvalue weighted by Gasteiger charge is 2.65. The number of carbonyl (C=O) groups is 2. The van der Waals surface area contributed by atoms with Gasteiger partial charge in [-0.1, -0.05) is 27.7 Å². The number of amides is 2. The van der Waals surface area contributed by atoms with E-state index >= 15 is 0 Å². The van der Waals surface area contributed by atoms with Gasteiger partial charge in [0.05, 0.1) is 5.88 Å². The Labute approximate surface area is 111 Å². The van der Waals surface area contributed by atoms with Gasteiger partial charge in [0.2, 0.25) is 0 Å². The van der Waals surface area contributed by atoms with Gasteiger partial charge in [-0.15, -0.1) is 11.8 Å². The summed E-state index contributed by atoms with van der Waals surface area (Å²) < 4.78 is 0. The third-order valence-corrected chi connectivity index (χ3v) is 5.73. The average molecular weight is 272 g/mol. The summed E-state index contributed by atoms with van der Waals surface area (Å²) in [6.45, 7) is 8.47. The van der Waals surface area contributed by atoms with Crippen molar-refractivity contribution in [1.82, 2.24) is 10.2 Å². The first kappa shape index (κ1) is 13.5. The van der Waals surface area contributed by atoms with Crippen LogP contribution in [0.15, 0.2) is 0 Å². The first-order valence-corrected chi connectivity index (χ1v) is 7.22. The molecule has 1 saturated heterocycles. The summed E-state index contributed by atoms with van der Waals surface area (Å²) in [6, 6.07) is -0.839. The number of carboxylic acid groups (broad SMARTS) is 1. The molecule has 5 nitrogen and oxygen atoms in total. The van der Waals surface area contributed by atoms with E-state index in [1.165, 1.54) is 16.7 Å². The molecule has 0 spiro atoms. The van der Waals surface area contributed by atoms with Crippen LogP contribution in [0.3, 0.4) is 0 Å². The van der Waals surface area contributed by atoms with E-state index in [9.17, 15) is 9.59 Å². The number of nitrogens with zero attached hydrogens (tertiary/aromatic N) is 1. The number of carbonyl (C=O) groups excluding carboxylic acids is 1. The molecule has 2 aliphatic rings. The SMILES string of the molecule is CC1(C)C(NC(=O)N2CSCC2C(=O)O)C1(C)C. The van der Waals surface area contributed by atoms with E-state index in [2.05, 4.69) is 33.0 Å². The summed E-state index contributed by atoms with van der Waals surface area (Å²) in [6.07, 6.45) is 0. The highest BCUT2D eigenvalue weighted by atomic mass is 32.2. The summed E-state index contributed by atoms with van der Waals surface area (Å²) in [7, 11) is 0. The van der Waals surface area contributed by atoms with E-state index < -0.39 is 12.0 Å². The lowest BCUT2D eigenvalue weighted by molar-refractivity contribution is -0.140. The lowest BCUT2D eigenvalue weighted by atomic mass is 10.0. The van der Waals surface area contributed by atoms with Crippen molar-refractivity contribution in [1.29, 1.82) is 0 Å². The predicted molar refractivity (Wildman–Crippen MR) is 70.5 cm³/mol. The molecule has 1 heterocycles. The maximum atomic E-state index is 12.1. The molecule has 2 amide bonds. The van der Waals surface area contributed by atoms with Crippen LogP contribution < -0.4 is 5.32 Å². The lowest BCUT2D eigenvalue weighted by Crippen LogP contribution is -2.48. The van der Waals surface area contributed by atoms with Crippen molar-refractivity contribution in [2.45, 2.75) is 39.8 Å². The number of hydrogen-bond acceptors (Lipinski definition) is 3. The number of thioether (sulfide) groups is 1. The smallest absolute Gasteiger partial charge is 0.327 e. The van der Waals surface area contributed by atoms with Crippen LogP contribution in [0.1, 0.15) is 27.7 Å². The number of aliphatic carboxylic acids is 1. The summed E-state index contributed by atoms with van der Waals surface area (Å²) in [5.41, 5.74) is 0.127. The predicted octanol–water partition coefficient (Wildman–Crippen LogP) is 1.59. The Morgan fingerprint density at radius 3 is 2.28 bits per heavy atom. The third kappa shape index (κ3) is 1.86. The van der Waals surface area contributed by atoms with Crippen LogP contribution in [-0.2, 0) is 4.79 Å². The summed E-state index contributed by atoms with van der Waals surface area (Å²) in [5, 5.41) is 12.0. The minimum absolute atomic E-state index is 0.0637. The standard InChI is InChI=1S/C12H20N2O3S/c1-11(2)9(12(11,3)4)13-10(17)14-6-18-5-7(14)8(15)16/h7,9H,5-6H2,1-4H3,(H,13,17)(H,15,16). The number of urea groups is 1. The van der Waals surface area contributed by atoms with Gasteiger partial charge >= 0.3 is 12.0 Å². The molecule has 6 heteroatoms. The fourth-order valence-electron chi connectivity index (χ4n) is 2.61. The van der Waals surface area contributed by atoms with Crippen molar-refractivity contribution in [3.8, 4) is 0 Å². The fraction of sp³-hybridized carbons (Fsp3) is 0.833. The van der Waals surface area contributed by atoms with Crippen LogP contribution in [0, 0.1) is 10.8 Å². The molecular formula is C12H20N2O3S. The van der Waals surface area contributed by atoms with Crippen molar-refractivity contribution < 1.29 is 14.7 Å². The normalized spacial score (nSPS) is 29.1. The highest BCUT2D eigenvalue weighted by Crippen LogP contribution is 2.62. The number of rotatable bonds is 2. The van der Waals surface area contributed by atoms with Gasteiger partial charge in [0, 0.05) is 11.8 Å². The van der Waals surface area contributed by atoms with Crippen LogP contribution in [0.2, 0.25) is 0 Å². The molecule has 2 rings (SSSR count). The van der Waals surface area contributed by atoms with Gasteiger partial charge in [-0.25, -0.2) is 9.59 Å². The molecule has 2 fully saturated rings. The second-order valence-corrected chi connectivity index (χ2v) is 7.15. The molecule has 0 aromatic carbocycles. The zero-order valence-electron chi connectivity index (χ0n) is 11.2. The van der Waals surface area contributed by atoms with Crippen molar-refractivity contribution in [2.75, 3.05) is 11.6 Å². The molecule has 0 bridgehead atoms. The van der Waals surface area contributed by atoms with E-state index in [-0.39, 0.29) is 22.9 Å². The fourth-order valence-corrected chi connectivity index (χ4v) is 3.76. The maximum Gasteiger partial charge on any atom is 0.327 e. The van der Waals surface area contributed by atoms with Gasteiger partial charge in [-0.3, -0.25) is 0 Å². The van der Waals surface area contributed by atoms with Gasteiger partial charge < -0.3 is 15.3 Å². The number of nitrogens with one attached hydrogen (secondary N) is 1. The molecule has 1 aliphatic heterocycles. The first-order chi connectivity index (χ1) is 8.19.